The van der Waals surface area contributed by atoms with Gasteiger partial charge in [-0.25, -0.2) is 0 Å². The third-order valence-corrected chi connectivity index (χ3v) is 4.93. The van der Waals surface area contributed by atoms with E-state index in [0.717, 1.165) is 0 Å². The van der Waals surface area contributed by atoms with E-state index in [2.05, 4.69) is 15.7 Å². The number of nitrogens with one attached hydrogen (secondary N) is 2. The zero-order valence-electron chi connectivity index (χ0n) is 16.0. The molecule has 1 heterocycles. The fourth-order valence-corrected chi connectivity index (χ4v) is 3.67. The van der Waals surface area contributed by atoms with Crippen molar-refractivity contribution in [1.29, 1.82) is 0 Å². The lowest BCUT2D eigenvalue weighted by atomic mass is 10.2. The number of amides is 3. The Bertz CT molecular complexity index is 1090. The quantitative estimate of drug-likeness (QED) is 0.628. The standard InChI is InChI=1S/C20H15Cl3N4O4/c1-2-3-15(28)24-12-6-4-10(5-7-12)19(30)25-18-17(29)20(31)27(26-18)16-13(22)8-11(21)9-14(16)23/h4-9H,2-3H2,1H3,(H,24,28)(H,25,26,30). The zero-order chi connectivity index (χ0) is 22.7. The number of hydrazone groups is 1. The van der Waals surface area contributed by atoms with Gasteiger partial charge in [-0.1, -0.05) is 41.7 Å². The fourth-order valence-electron chi connectivity index (χ4n) is 2.69. The lowest BCUT2D eigenvalue weighted by Gasteiger charge is -2.14. The number of carbonyl (C=O) groups excluding carboxylic acids is 4. The van der Waals surface area contributed by atoms with Gasteiger partial charge in [0.15, 0.2) is 0 Å². The van der Waals surface area contributed by atoms with Crippen LogP contribution in [0.15, 0.2) is 41.5 Å². The minimum Gasteiger partial charge on any atom is -0.326 e. The van der Waals surface area contributed by atoms with Crippen LogP contribution in [0, 0.1) is 0 Å². The topological polar surface area (TPSA) is 108 Å². The second-order valence-corrected chi connectivity index (χ2v) is 7.69. The molecule has 0 saturated carbocycles. The van der Waals surface area contributed by atoms with Gasteiger partial charge in [0.25, 0.3) is 11.7 Å². The van der Waals surface area contributed by atoms with E-state index in [0.29, 0.717) is 23.5 Å². The molecule has 0 fully saturated rings. The normalized spacial score (nSPS) is 13.3. The van der Waals surface area contributed by atoms with Gasteiger partial charge < -0.3 is 10.6 Å². The van der Waals surface area contributed by atoms with Gasteiger partial charge in [0.1, 0.15) is 5.69 Å². The third-order valence-electron chi connectivity index (χ3n) is 4.13. The molecule has 0 aromatic heterocycles. The van der Waals surface area contributed by atoms with Gasteiger partial charge in [0.2, 0.25) is 11.7 Å². The summed E-state index contributed by atoms with van der Waals surface area (Å²) in [5.74, 6) is -3.34. The zero-order valence-corrected chi connectivity index (χ0v) is 18.3. The van der Waals surface area contributed by atoms with E-state index >= 15 is 0 Å². The molecule has 31 heavy (non-hydrogen) atoms. The average Bonchev–Trinajstić information content (AvgIpc) is 2.96. The van der Waals surface area contributed by atoms with Gasteiger partial charge in [-0.2, -0.15) is 5.01 Å². The Hall–Kier alpha value is -2.94. The summed E-state index contributed by atoms with van der Waals surface area (Å²) in [4.78, 5) is 48.7. The minimum absolute atomic E-state index is 0.00989. The van der Waals surface area contributed by atoms with Gasteiger partial charge in [0.05, 0.1) is 10.0 Å². The number of hydrogen-bond donors (Lipinski definition) is 2. The number of rotatable bonds is 5. The second kappa shape index (κ2) is 9.47. The summed E-state index contributed by atoms with van der Waals surface area (Å²) in [5, 5.41) is 9.84. The first-order valence-corrected chi connectivity index (χ1v) is 10.2. The Morgan fingerprint density at radius 1 is 1.00 bits per heavy atom. The van der Waals surface area contributed by atoms with Gasteiger partial charge in [-0.05, 0) is 42.8 Å². The van der Waals surface area contributed by atoms with E-state index in [1.807, 2.05) is 6.92 Å². The number of amidine groups is 1. The first-order valence-electron chi connectivity index (χ1n) is 9.04. The van der Waals surface area contributed by atoms with E-state index in [1.54, 1.807) is 12.1 Å². The van der Waals surface area contributed by atoms with Crippen molar-refractivity contribution in [1.82, 2.24) is 5.32 Å². The molecule has 0 radical (unpaired) electrons. The van der Waals surface area contributed by atoms with E-state index in [4.69, 9.17) is 34.8 Å². The summed E-state index contributed by atoms with van der Waals surface area (Å²) in [6.07, 6.45) is 1.10. The van der Waals surface area contributed by atoms with Crippen LogP contribution in [0.25, 0.3) is 0 Å². The number of anilines is 2. The second-order valence-electron chi connectivity index (χ2n) is 6.44. The summed E-state index contributed by atoms with van der Waals surface area (Å²) >= 11 is 18.0. The number of halogens is 3. The Labute approximate surface area is 192 Å². The highest BCUT2D eigenvalue weighted by molar-refractivity contribution is 6.70. The van der Waals surface area contributed by atoms with Crippen molar-refractivity contribution in [3.63, 3.8) is 0 Å². The highest BCUT2D eigenvalue weighted by Gasteiger charge is 2.38. The lowest BCUT2D eigenvalue weighted by molar-refractivity contribution is -0.131. The number of carbonyl (C=O) groups is 4. The highest BCUT2D eigenvalue weighted by atomic mass is 35.5. The number of Topliss-reactive ketones (excluding diaryl/α,β-unsaturated/α-hetero) is 1. The van der Waals surface area contributed by atoms with Crippen LogP contribution in [0.1, 0.15) is 30.1 Å². The smallest absolute Gasteiger partial charge is 0.323 e. The summed E-state index contributed by atoms with van der Waals surface area (Å²) in [6.45, 7) is 1.89. The molecule has 2 aromatic carbocycles. The Morgan fingerprint density at radius 2 is 1.61 bits per heavy atom. The van der Waals surface area contributed by atoms with Crippen LogP contribution in [0.5, 0.6) is 0 Å². The van der Waals surface area contributed by atoms with Gasteiger partial charge in [-0.3, -0.25) is 19.2 Å². The molecule has 1 aliphatic rings. The molecule has 0 aliphatic carbocycles. The van der Waals surface area contributed by atoms with Crippen LogP contribution in [0.4, 0.5) is 11.4 Å². The van der Waals surface area contributed by atoms with Crippen molar-refractivity contribution in [2.75, 3.05) is 10.3 Å². The molecule has 0 unspecified atom stereocenters. The van der Waals surface area contributed by atoms with Gasteiger partial charge >= 0.3 is 5.91 Å². The Morgan fingerprint density at radius 3 is 2.19 bits per heavy atom. The Balaban J connectivity index is 1.77. The summed E-state index contributed by atoms with van der Waals surface area (Å²) < 4.78 is 0. The van der Waals surface area contributed by atoms with Crippen LogP contribution in [-0.2, 0) is 14.4 Å². The minimum atomic E-state index is -1.03. The van der Waals surface area contributed by atoms with E-state index < -0.39 is 23.4 Å². The average molecular weight is 482 g/mol. The van der Waals surface area contributed by atoms with E-state index in [-0.39, 0.29) is 32.2 Å². The molecule has 2 N–H and O–H groups in total. The molecule has 3 amide bonds. The maximum absolute atomic E-state index is 12.5. The van der Waals surface area contributed by atoms with Crippen LogP contribution in [0.3, 0.4) is 0 Å². The van der Waals surface area contributed by atoms with Crippen LogP contribution in [0.2, 0.25) is 15.1 Å². The first kappa shape index (κ1) is 22.7. The third kappa shape index (κ3) is 5.04. The summed E-state index contributed by atoms with van der Waals surface area (Å²) in [6, 6.07) is 8.70. The van der Waals surface area contributed by atoms with Crippen molar-refractivity contribution in [2.24, 2.45) is 5.10 Å². The first-order chi connectivity index (χ1) is 14.7. The predicted octanol–water partition coefficient (Wildman–Crippen LogP) is 4.04. The molecule has 11 heteroatoms. The van der Waals surface area contributed by atoms with E-state index in [9.17, 15) is 19.2 Å². The van der Waals surface area contributed by atoms with Gasteiger partial charge in [-0.15, -0.1) is 5.10 Å². The van der Waals surface area contributed by atoms with Crippen molar-refractivity contribution < 1.29 is 19.2 Å². The Kier molecular flexibility index (Phi) is 6.94. The number of benzene rings is 2. The predicted molar refractivity (Wildman–Crippen MR) is 119 cm³/mol. The monoisotopic (exact) mass is 480 g/mol. The number of hydrogen-bond acceptors (Lipinski definition) is 5. The largest absolute Gasteiger partial charge is 0.326 e. The van der Waals surface area contributed by atoms with Crippen molar-refractivity contribution in [3.8, 4) is 0 Å². The van der Waals surface area contributed by atoms with Crippen LogP contribution < -0.4 is 15.6 Å². The SMILES string of the molecule is CCCC(=O)Nc1ccc(C(=O)NC2=NN(c3c(Cl)cc(Cl)cc3Cl)C(=O)C2=O)cc1. The van der Waals surface area contributed by atoms with E-state index in [1.165, 1.54) is 24.3 Å². The molecule has 1 aliphatic heterocycles. The summed E-state index contributed by atoms with van der Waals surface area (Å²) in [7, 11) is 0. The number of ketones is 1. The fraction of sp³-hybridized carbons (Fsp3) is 0.150. The van der Waals surface area contributed by atoms with Crippen molar-refractivity contribution in [2.45, 2.75) is 19.8 Å². The van der Waals surface area contributed by atoms with Crippen LogP contribution in [-0.4, -0.2) is 29.3 Å². The lowest BCUT2D eigenvalue weighted by Crippen LogP contribution is -2.37. The molecular weight excluding hydrogens is 467 g/mol. The molecule has 0 bridgehead atoms. The molecule has 8 nitrogen and oxygen atoms in total. The highest BCUT2D eigenvalue weighted by Crippen LogP contribution is 2.37. The molecular formula is C20H15Cl3N4O4. The maximum atomic E-state index is 12.5. The van der Waals surface area contributed by atoms with Gasteiger partial charge in [0, 0.05) is 22.7 Å². The molecule has 0 saturated heterocycles. The van der Waals surface area contributed by atoms with Crippen LogP contribution >= 0.6 is 34.8 Å². The molecule has 0 atom stereocenters. The molecule has 160 valence electrons. The van der Waals surface area contributed by atoms with Crippen molar-refractivity contribution >= 4 is 75.5 Å². The summed E-state index contributed by atoms with van der Waals surface area (Å²) in [5.41, 5.74) is 0.692. The maximum Gasteiger partial charge on any atom is 0.323 e. The molecule has 0 spiro atoms. The number of nitrogens with zero attached hydrogens (tertiary/aromatic N) is 2. The molecule has 2 aromatic rings. The molecule has 3 rings (SSSR count). The van der Waals surface area contributed by atoms with Crippen molar-refractivity contribution in [3.05, 3.63) is 57.0 Å².